The molecule has 0 aliphatic carbocycles. The Morgan fingerprint density at radius 2 is 2.27 bits per heavy atom. The van der Waals surface area contributed by atoms with Crippen LogP contribution in [0.1, 0.15) is 33.1 Å². The van der Waals surface area contributed by atoms with Crippen LogP contribution >= 0.6 is 0 Å². The van der Waals surface area contributed by atoms with Crippen LogP contribution in [-0.4, -0.2) is 23.8 Å². The van der Waals surface area contributed by atoms with Gasteiger partial charge < -0.3 is 9.84 Å². The van der Waals surface area contributed by atoms with Gasteiger partial charge in [-0.2, -0.15) is 0 Å². The van der Waals surface area contributed by atoms with E-state index in [0.29, 0.717) is 12.8 Å². The summed E-state index contributed by atoms with van der Waals surface area (Å²) >= 11 is 0. The van der Waals surface area contributed by atoms with Crippen LogP contribution in [0.4, 0.5) is 0 Å². The summed E-state index contributed by atoms with van der Waals surface area (Å²) in [6.45, 7) is 4.11. The van der Waals surface area contributed by atoms with Gasteiger partial charge in [-0.3, -0.25) is 4.79 Å². The molecule has 1 saturated heterocycles. The van der Waals surface area contributed by atoms with Crippen LogP contribution in [0.2, 0.25) is 0 Å². The fourth-order valence-corrected chi connectivity index (χ4v) is 0.930. The zero-order valence-corrected chi connectivity index (χ0v) is 7.17. The van der Waals surface area contributed by atoms with Gasteiger partial charge in [0.05, 0.1) is 0 Å². The zero-order chi connectivity index (χ0) is 8.69. The molecule has 0 amide bonds. The van der Waals surface area contributed by atoms with Crippen LogP contribution in [0.25, 0.3) is 0 Å². The number of ether oxygens (including phenoxy) is 1. The first-order valence-corrected chi connectivity index (χ1v) is 4.13. The minimum Gasteiger partial charge on any atom is -0.462 e. The number of aliphatic hydroxyl groups is 1. The van der Waals surface area contributed by atoms with Crippen molar-refractivity contribution in [1.29, 1.82) is 0 Å². The summed E-state index contributed by atoms with van der Waals surface area (Å²) in [4.78, 5) is 10.4. The first-order valence-electron chi connectivity index (χ1n) is 4.13. The van der Waals surface area contributed by atoms with E-state index in [-0.39, 0.29) is 18.7 Å². The number of hydrogen-bond donors (Lipinski definition) is 1. The maximum absolute atomic E-state index is 10.4. The summed E-state index contributed by atoms with van der Waals surface area (Å²) in [6, 6.07) is 0. The Bertz CT molecular complexity index is 112. The second-order valence-corrected chi connectivity index (χ2v) is 2.16. The SMILES string of the molecule is CC.O=C1CCC(CCO)O1. The summed E-state index contributed by atoms with van der Waals surface area (Å²) in [5.41, 5.74) is 0. The lowest BCUT2D eigenvalue weighted by Gasteiger charge is -2.04. The molecule has 1 heterocycles. The number of rotatable bonds is 2. The molecule has 0 radical (unpaired) electrons. The molecule has 0 aromatic heterocycles. The number of carbonyl (C=O) groups excluding carboxylic acids is 1. The summed E-state index contributed by atoms with van der Waals surface area (Å²) in [5.74, 6) is -0.131. The minimum atomic E-state index is -0.131. The molecule has 1 atom stereocenters. The van der Waals surface area contributed by atoms with Gasteiger partial charge >= 0.3 is 5.97 Å². The van der Waals surface area contributed by atoms with Gasteiger partial charge in [0.1, 0.15) is 6.10 Å². The van der Waals surface area contributed by atoms with E-state index in [1.165, 1.54) is 0 Å². The molecule has 0 aromatic rings. The number of aliphatic hydroxyl groups excluding tert-OH is 1. The third-order valence-electron chi connectivity index (χ3n) is 1.42. The topological polar surface area (TPSA) is 46.5 Å². The van der Waals surface area contributed by atoms with Gasteiger partial charge in [-0.1, -0.05) is 13.8 Å². The third kappa shape index (κ3) is 3.98. The number of cyclic esters (lactones) is 1. The van der Waals surface area contributed by atoms with E-state index >= 15 is 0 Å². The smallest absolute Gasteiger partial charge is 0.306 e. The molecule has 0 spiro atoms. The molecule has 11 heavy (non-hydrogen) atoms. The molecular weight excluding hydrogens is 144 g/mol. The molecule has 1 N–H and O–H groups in total. The van der Waals surface area contributed by atoms with Crippen molar-refractivity contribution in [3.8, 4) is 0 Å². The molecule has 3 nitrogen and oxygen atoms in total. The van der Waals surface area contributed by atoms with E-state index in [1.807, 2.05) is 13.8 Å². The second-order valence-electron chi connectivity index (χ2n) is 2.16. The molecule has 66 valence electrons. The van der Waals surface area contributed by atoms with Gasteiger partial charge in [-0.25, -0.2) is 0 Å². The Hall–Kier alpha value is -0.570. The van der Waals surface area contributed by atoms with Gasteiger partial charge in [0.25, 0.3) is 0 Å². The Labute approximate surface area is 67.4 Å². The maximum atomic E-state index is 10.4. The van der Waals surface area contributed by atoms with E-state index in [4.69, 9.17) is 9.84 Å². The van der Waals surface area contributed by atoms with Crippen molar-refractivity contribution in [2.24, 2.45) is 0 Å². The van der Waals surface area contributed by atoms with Crippen LogP contribution in [-0.2, 0) is 9.53 Å². The van der Waals surface area contributed by atoms with E-state index in [2.05, 4.69) is 0 Å². The fraction of sp³-hybridized carbons (Fsp3) is 0.875. The highest BCUT2D eigenvalue weighted by Gasteiger charge is 2.21. The Morgan fingerprint density at radius 1 is 1.64 bits per heavy atom. The largest absolute Gasteiger partial charge is 0.462 e. The molecule has 3 heteroatoms. The molecular formula is C8H16O3. The fourth-order valence-electron chi connectivity index (χ4n) is 0.930. The van der Waals surface area contributed by atoms with Gasteiger partial charge in [0.2, 0.25) is 0 Å². The quantitative estimate of drug-likeness (QED) is 0.615. The number of hydrogen-bond acceptors (Lipinski definition) is 3. The molecule has 1 unspecified atom stereocenters. The summed E-state index contributed by atoms with van der Waals surface area (Å²) in [5, 5.41) is 8.42. The van der Waals surface area contributed by atoms with E-state index in [9.17, 15) is 4.79 Å². The van der Waals surface area contributed by atoms with Crippen molar-refractivity contribution in [2.45, 2.75) is 39.2 Å². The minimum absolute atomic E-state index is 0.0116. The van der Waals surface area contributed by atoms with Crippen molar-refractivity contribution >= 4 is 5.97 Å². The lowest BCUT2D eigenvalue weighted by atomic mass is 10.2. The van der Waals surface area contributed by atoms with Gasteiger partial charge in [-0.05, 0) is 6.42 Å². The van der Waals surface area contributed by atoms with Gasteiger partial charge in [0.15, 0.2) is 0 Å². The summed E-state index contributed by atoms with van der Waals surface area (Å²) < 4.78 is 4.80. The average Bonchev–Trinajstić information content (AvgIpc) is 2.41. The van der Waals surface area contributed by atoms with Crippen molar-refractivity contribution in [1.82, 2.24) is 0 Å². The van der Waals surface area contributed by atoms with Crippen molar-refractivity contribution in [2.75, 3.05) is 6.61 Å². The van der Waals surface area contributed by atoms with E-state index in [1.54, 1.807) is 0 Å². The maximum Gasteiger partial charge on any atom is 0.306 e. The lowest BCUT2D eigenvalue weighted by Crippen LogP contribution is -2.08. The summed E-state index contributed by atoms with van der Waals surface area (Å²) in [6.07, 6.45) is 1.87. The van der Waals surface area contributed by atoms with Gasteiger partial charge in [0, 0.05) is 19.4 Å². The van der Waals surface area contributed by atoms with Crippen molar-refractivity contribution < 1.29 is 14.6 Å². The molecule has 0 bridgehead atoms. The lowest BCUT2D eigenvalue weighted by molar-refractivity contribution is -0.141. The van der Waals surface area contributed by atoms with E-state index in [0.717, 1.165) is 6.42 Å². The highest BCUT2D eigenvalue weighted by molar-refractivity contribution is 5.71. The molecule has 0 aromatic carbocycles. The van der Waals surface area contributed by atoms with E-state index < -0.39 is 0 Å². The molecule has 1 aliphatic rings. The highest BCUT2D eigenvalue weighted by Crippen LogP contribution is 2.15. The molecule has 1 aliphatic heterocycles. The molecule has 1 rings (SSSR count). The third-order valence-corrected chi connectivity index (χ3v) is 1.42. The van der Waals surface area contributed by atoms with Gasteiger partial charge in [-0.15, -0.1) is 0 Å². The zero-order valence-electron chi connectivity index (χ0n) is 7.17. The van der Waals surface area contributed by atoms with Crippen LogP contribution in [0, 0.1) is 0 Å². The first-order chi connectivity index (χ1) is 5.33. The summed E-state index contributed by atoms with van der Waals surface area (Å²) in [7, 11) is 0. The second kappa shape index (κ2) is 6.16. The van der Waals surface area contributed by atoms with Crippen molar-refractivity contribution in [3.05, 3.63) is 0 Å². The van der Waals surface area contributed by atoms with Crippen molar-refractivity contribution in [3.63, 3.8) is 0 Å². The monoisotopic (exact) mass is 160 g/mol. The predicted molar refractivity (Wildman–Crippen MR) is 42.2 cm³/mol. The predicted octanol–water partition coefficient (Wildman–Crippen LogP) is 1.10. The number of esters is 1. The highest BCUT2D eigenvalue weighted by atomic mass is 16.5. The Morgan fingerprint density at radius 3 is 2.64 bits per heavy atom. The van der Waals surface area contributed by atoms with Crippen LogP contribution in [0.5, 0.6) is 0 Å². The Kier molecular flexibility index (Phi) is 5.84. The molecule has 1 fully saturated rings. The average molecular weight is 160 g/mol. The Balaban J connectivity index is 0.000000461. The normalized spacial score (nSPS) is 22.1. The van der Waals surface area contributed by atoms with Crippen LogP contribution in [0.3, 0.4) is 0 Å². The van der Waals surface area contributed by atoms with Crippen LogP contribution in [0.15, 0.2) is 0 Å². The van der Waals surface area contributed by atoms with Crippen LogP contribution < -0.4 is 0 Å². The number of carbonyl (C=O) groups is 1. The standard InChI is InChI=1S/C6H10O3.C2H6/c7-4-3-5-1-2-6(8)9-5;1-2/h5,7H,1-4H2;1-2H3. The first kappa shape index (κ1) is 10.4. The molecule has 0 saturated carbocycles.